The number of aryl methyl sites for hydroxylation is 3. The van der Waals surface area contributed by atoms with Gasteiger partial charge < -0.3 is 5.73 Å². The third-order valence-electron chi connectivity index (χ3n) is 7.36. The van der Waals surface area contributed by atoms with Gasteiger partial charge in [-0.2, -0.15) is 0 Å². The van der Waals surface area contributed by atoms with E-state index < -0.39 is 0 Å². The van der Waals surface area contributed by atoms with Crippen molar-refractivity contribution in [2.45, 2.75) is 60.9 Å². The second kappa shape index (κ2) is 16.6. The van der Waals surface area contributed by atoms with Crippen molar-refractivity contribution in [1.82, 2.24) is 0 Å². The van der Waals surface area contributed by atoms with E-state index in [0.29, 0.717) is 17.4 Å². The van der Waals surface area contributed by atoms with Gasteiger partial charge in [-0.15, -0.1) is 0 Å². The van der Waals surface area contributed by atoms with Crippen molar-refractivity contribution >= 4 is 0 Å². The third-order valence-corrected chi connectivity index (χ3v) is 7.36. The molecule has 0 aromatic heterocycles. The van der Waals surface area contributed by atoms with Crippen molar-refractivity contribution in [3.05, 3.63) is 143 Å². The Morgan fingerprint density at radius 3 is 1.16 bits per heavy atom. The first-order valence-electron chi connectivity index (χ1n) is 13.3. The molecule has 1 fully saturated rings. The third kappa shape index (κ3) is 10.6. The molecule has 3 nitrogen and oxygen atoms in total. The van der Waals surface area contributed by atoms with Gasteiger partial charge in [0.1, 0.15) is 0 Å². The van der Waals surface area contributed by atoms with Crippen molar-refractivity contribution in [3.8, 4) is 0 Å². The highest BCUT2D eigenvalue weighted by atomic mass is 15.0. The monoisotopic (exact) mass is 511 g/mol. The van der Waals surface area contributed by atoms with Gasteiger partial charge in [-0.3, -0.25) is 11.7 Å². The van der Waals surface area contributed by atoms with Crippen LogP contribution in [0.1, 0.15) is 61.4 Å². The molecule has 0 spiro atoms. The average Bonchev–Trinajstić information content (AvgIpc) is 3.35. The Hall–Kier alpha value is -3.24. The Morgan fingerprint density at radius 2 is 0.895 bits per heavy atom. The SMILES string of the molecule is Cc1cccc(C2C(C)(C)C2(C)C)c1.Cc1ccccc1.Cc1ccccc1.NCc1ccccc1.NN. The molecule has 0 atom stereocenters. The van der Waals surface area contributed by atoms with Gasteiger partial charge in [0.05, 0.1) is 0 Å². The van der Waals surface area contributed by atoms with Crippen molar-refractivity contribution in [1.29, 1.82) is 0 Å². The molecule has 1 saturated carbocycles. The fourth-order valence-corrected chi connectivity index (χ4v) is 4.56. The van der Waals surface area contributed by atoms with Crippen LogP contribution in [0.3, 0.4) is 0 Å². The highest BCUT2D eigenvalue weighted by Crippen LogP contribution is 2.73. The molecule has 0 heterocycles. The lowest BCUT2D eigenvalue weighted by atomic mass is 10.0. The van der Waals surface area contributed by atoms with Gasteiger partial charge in [0.15, 0.2) is 0 Å². The molecular weight excluding hydrogens is 462 g/mol. The van der Waals surface area contributed by atoms with Crippen LogP contribution in [0.15, 0.2) is 115 Å². The van der Waals surface area contributed by atoms with Crippen LogP contribution in [0, 0.1) is 31.6 Å². The molecular formula is C35H49N3. The normalized spacial score (nSPS) is 13.9. The zero-order valence-electron chi connectivity index (χ0n) is 24.5. The van der Waals surface area contributed by atoms with Crippen LogP contribution in [0.25, 0.3) is 0 Å². The summed E-state index contributed by atoms with van der Waals surface area (Å²) in [7, 11) is 0. The maximum Gasteiger partial charge on any atom is 0.0178 e. The van der Waals surface area contributed by atoms with Crippen LogP contribution in [0.5, 0.6) is 0 Å². The lowest BCUT2D eigenvalue weighted by Crippen LogP contribution is -2.02. The lowest BCUT2D eigenvalue weighted by Gasteiger charge is -2.03. The molecule has 3 heteroatoms. The van der Waals surface area contributed by atoms with E-state index >= 15 is 0 Å². The maximum absolute atomic E-state index is 5.35. The van der Waals surface area contributed by atoms with E-state index in [0.717, 1.165) is 5.92 Å². The second-order valence-electron chi connectivity index (χ2n) is 10.8. The van der Waals surface area contributed by atoms with Gasteiger partial charge in [0.25, 0.3) is 0 Å². The summed E-state index contributed by atoms with van der Waals surface area (Å²) in [4.78, 5) is 0. The topological polar surface area (TPSA) is 78.1 Å². The highest BCUT2D eigenvalue weighted by Gasteiger charge is 2.64. The van der Waals surface area contributed by atoms with E-state index in [1.807, 2.05) is 66.7 Å². The van der Waals surface area contributed by atoms with Crippen molar-refractivity contribution in [2.24, 2.45) is 28.2 Å². The summed E-state index contributed by atoms with van der Waals surface area (Å²) in [5.41, 5.74) is 13.0. The summed E-state index contributed by atoms with van der Waals surface area (Å²) in [5.74, 6) is 8.73. The van der Waals surface area contributed by atoms with Crippen LogP contribution < -0.4 is 17.4 Å². The summed E-state index contributed by atoms with van der Waals surface area (Å²) in [5, 5.41) is 0. The molecule has 0 radical (unpaired) electrons. The van der Waals surface area contributed by atoms with Gasteiger partial charge in [0.2, 0.25) is 0 Å². The van der Waals surface area contributed by atoms with Gasteiger partial charge in [-0.05, 0) is 48.6 Å². The van der Waals surface area contributed by atoms with Crippen LogP contribution in [0.2, 0.25) is 0 Å². The molecule has 4 aromatic rings. The van der Waals surface area contributed by atoms with Crippen LogP contribution >= 0.6 is 0 Å². The first-order chi connectivity index (χ1) is 18.1. The van der Waals surface area contributed by atoms with E-state index in [2.05, 4.69) is 109 Å². The Bertz CT molecular complexity index is 1090. The van der Waals surface area contributed by atoms with Crippen molar-refractivity contribution in [2.75, 3.05) is 0 Å². The molecule has 0 aliphatic heterocycles. The minimum atomic E-state index is 0.459. The Kier molecular flexibility index (Phi) is 14.3. The van der Waals surface area contributed by atoms with Gasteiger partial charge >= 0.3 is 0 Å². The number of hydrogen-bond donors (Lipinski definition) is 3. The van der Waals surface area contributed by atoms with E-state index in [1.165, 1.54) is 27.8 Å². The average molecular weight is 512 g/mol. The standard InChI is InChI=1S/C14H20.C7H9N.2C7H8.H4N2/c1-10-7-6-8-11(9-10)12-13(2,3)14(12,4)5;8-6-7-4-2-1-3-5-7;2*1-7-5-3-2-4-6-7;1-2/h6-9,12H,1-5H3;1-5H,6,8H2;2*2-6H,1H3;1-2H2. The summed E-state index contributed by atoms with van der Waals surface area (Å²) >= 11 is 0. The van der Waals surface area contributed by atoms with Gasteiger partial charge in [-0.25, -0.2) is 0 Å². The smallest absolute Gasteiger partial charge is 0.0178 e. The fourth-order valence-electron chi connectivity index (χ4n) is 4.56. The number of hydrazine groups is 1. The number of nitrogens with two attached hydrogens (primary N) is 3. The Labute approximate surface area is 232 Å². The number of hydrogen-bond acceptors (Lipinski definition) is 3. The molecule has 0 amide bonds. The summed E-state index contributed by atoms with van der Waals surface area (Å²) < 4.78 is 0. The predicted molar refractivity (Wildman–Crippen MR) is 167 cm³/mol. The number of benzene rings is 4. The largest absolute Gasteiger partial charge is 0.326 e. The van der Waals surface area contributed by atoms with Gasteiger partial charge in [0, 0.05) is 6.54 Å². The first-order valence-corrected chi connectivity index (χ1v) is 13.3. The van der Waals surface area contributed by atoms with E-state index in [9.17, 15) is 0 Å². The van der Waals surface area contributed by atoms with E-state index in [4.69, 9.17) is 5.73 Å². The quantitative estimate of drug-likeness (QED) is 0.188. The molecule has 1 aliphatic rings. The summed E-state index contributed by atoms with van der Waals surface area (Å²) in [6.45, 7) is 16.5. The molecule has 38 heavy (non-hydrogen) atoms. The van der Waals surface area contributed by atoms with E-state index in [-0.39, 0.29) is 0 Å². The Morgan fingerprint density at radius 1 is 0.526 bits per heavy atom. The van der Waals surface area contributed by atoms with Crippen LogP contribution in [0.4, 0.5) is 0 Å². The molecule has 1 aliphatic carbocycles. The van der Waals surface area contributed by atoms with Crippen LogP contribution in [-0.4, -0.2) is 0 Å². The minimum absolute atomic E-state index is 0.459. The molecule has 0 saturated heterocycles. The lowest BCUT2D eigenvalue weighted by molar-refractivity contribution is 0.457. The predicted octanol–water partition coefficient (Wildman–Crippen LogP) is 8.10. The van der Waals surface area contributed by atoms with Gasteiger partial charge in [-0.1, -0.05) is 160 Å². The molecule has 6 N–H and O–H groups in total. The zero-order valence-corrected chi connectivity index (χ0v) is 24.5. The Balaban J connectivity index is 0.000000261. The van der Waals surface area contributed by atoms with Crippen molar-refractivity contribution in [3.63, 3.8) is 0 Å². The summed E-state index contributed by atoms with van der Waals surface area (Å²) in [6, 6.07) is 39.5. The second-order valence-corrected chi connectivity index (χ2v) is 10.8. The molecule has 0 unspecified atom stereocenters. The van der Waals surface area contributed by atoms with Crippen LogP contribution in [-0.2, 0) is 6.54 Å². The highest BCUT2D eigenvalue weighted by molar-refractivity contribution is 5.37. The fraction of sp³-hybridized carbons (Fsp3) is 0.314. The number of rotatable bonds is 2. The first kappa shape index (κ1) is 32.8. The molecule has 5 rings (SSSR count). The molecule has 4 aromatic carbocycles. The zero-order chi connectivity index (χ0) is 28.6. The summed E-state index contributed by atoms with van der Waals surface area (Å²) in [6.07, 6.45) is 0. The maximum atomic E-state index is 5.35. The molecule has 0 bridgehead atoms. The van der Waals surface area contributed by atoms with E-state index in [1.54, 1.807) is 0 Å². The minimum Gasteiger partial charge on any atom is -0.326 e. The molecule has 204 valence electrons. The van der Waals surface area contributed by atoms with Crippen molar-refractivity contribution < 1.29 is 0 Å².